The van der Waals surface area contributed by atoms with Crippen molar-refractivity contribution < 1.29 is 43.0 Å². The maximum Gasteiger partial charge on any atom is 0.472 e. The molecular formula is C47H85O9P. The highest BCUT2D eigenvalue weighted by Crippen LogP contribution is 2.43. The molecule has 0 aromatic heterocycles. The van der Waals surface area contributed by atoms with Gasteiger partial charge < -0.3 is 24.6 Å². The van der Waals surface area contributed by atoms with E-state index in [2.05, 4.69) is 74.6 Å². The van der Waals surface area contributed by atoms with Crippen LogP contribution in [0.1, 0.15) is 187 Å². The summed E-state index contributed by atoms with van der Waals surface area (Å²) in [5.41, 5.74) is 0. The zero-order chi connectivity index (χ0) is 41.8. The van der Waals surface area contributed by atoms with Gasteiger partial charge in [0, 0.05) is 13.0 Å². The summed E-state index contributed by atoms with van der Waals surface area (Å²) in [5.74, 6) is -0.394. The third-order valence-corrected chi connectivity index (χ3v) is 10.4. The Kier molecular flexibility index (Phi) is 42.3. The van der Waals surface area contributed by atoms with E-state index in [-0.39, 0.29) is 19.6 Å². The van der Waals surface area contributed by atoms with Crippen LogP contribution in [-0.4, -0.2) is 66.3 Å². The normalized spacial score (nSPS) is 14.5. The number of carbonyl (C=O) groups excluding carboxylic acids is 1. The smallest absolute Gasteiger partial charge is 0.457 e. The summed E-state index contributed by atoms with van der Waals surface area (Å²) in [5, 5.41) is 18.4. The molecule has 0 radical (unpaired) electrons. The average molecular weight is 825 g/mol. The van der Waals surface area contributed by atoms with Crippen LogP contribution in [0.2, 0.25) is 0 Å². The molecule has 0 saturated heterocycles. The molecule has 57 heavy (non-hydrogen) atoms. The number of esters is 1. The molecule has 0 aliphatic heterocycles. The Morgan fingerprint density at radius 1 is 0.561 bits per heavy atom. The fourth-order valence-electron chi connectivity index (χ4n) is 5.99. The largest absolute Gasteiger partial charge is 0.472 e. The Balaban J connectivity index is 4.16. The lowest BCUT2D eigenvalue weighted by Crippen LogP contribution is -2.29. The van der Waals surface area contributed by atoms with Crippen LogP contribution < -0.4 is 0 Å². The molecular weight excluding hydrogens is 739 g/mol. The summed E-state index contributed by atoms with van der Waals surface area (Å²) >= 11 is 0. The van der Waals surface area contributed by atoms with Gasteiger partial charge in [-0.2, -0.15) is 0 Å². The number of phosphoric ester groups is 1. The molecule has 0 heterocycles. The van der Waals surface area contributed by atoms with Crippen LogP contribution in [0.4, 0.5) is 0 Å². The van der Waals surface area contributed by atoms with E-state index < -0.39 is 39.2 Å². The molecule has 0 spiro atoms. The number of rotatable bonds is 43. The second kappa shape index (κ2) is 43.7. The van der Waals surface area contributed by atoms with E-state index in [1.165, 1.54) is 83.5 Å². The number of ether oxygens (including phenoxy) is 2. The zero-order valence-corrected chi connectivity index (χ0v) is 37.2. The quantitative estimate of drug-likeness (QED) is 0.0238. The molecule has 0 aromatic carbocycles. The van der Waals surface area contributed by atoms with Crippen molar-refractivity contribution in [1.82, 2.24) is 0 Å². The molecule has 0 fully saturated rings. The van der Waals surface area contributed by atoms with E-state index in [1.54, 1.807) is 0 Å². The van der Waals surface area contributed by atoms with Gasteiger partial charge in [-0.05, 0) is 77.0 Å². The SMILES string of the molecule is CC/C=C\C/C=C\C/C=C\C/C=C\CCCCCCCCCCC(=O)OC(COCCCCCCCC/C=C\CCCCCCC)COP(=O)(O)OCC(O)CO. The Labute approximate surface area is 349 Å². The summed E-state index contributed by atoms with van der Waals surface area (Å²) < 4.78 is 33.4. The van der Waals surface area contributed by atoms with E-state index in [0.717, 1.165) is 83.5 Å². The van der Waals surface area contributed by atoms with Crippen molar-refractivity contribution in [3.63, 3.8) is 0 Å². The molecule has 0 amide bonds. The van der Waals surface area contributed by atoms with Crippen LogP contribution >= 0.6 is 7.82 Å². The molecule has 3 unspecified atom stereocenters. The number of hydrogen-bond donors (Lipinski definition) is 3. The average Bonchev–Trinajstić information content (AvgIpc) is 3.20. The lowest BCUT2D eigenvalue weighted by Gasteiger charge is -2.20. The second-order valence-corrected chi connectivity index (χ2v) is 16.5. The monoisotopic (exact) mass is 825 g/mol. The predicted molar refractivity (Wildman–Crippen MR) is 237 cm³/mol. The van der Waals surface area contributed by atoms with Crippen LogP contribution in [0.15, 0.2) is 60.8 Å². The number of carbonyl (C=O) groups is 1. The van der Waals surface area contributed by atoms with E-state index >= 15 is 0 Å². The lowest BCUT2D eigenvalue weighted by atomic mass is 10.1. The number of aliphatic hydroxyl groups is 2. The molecule has 3 atom stereocenters. The van der Waals surface area contributed by atoms with Gasteiger partial charge in [-0.15, -0.1) is 0 Å². The van der Waals surface area contributed by atoms with Crippen LogP contribution in [0.3, 0.4) is 0 Å². The highest BCUT2D eigenvalue weighted by Gasteiger charge is 2.26. The van der Waals surface area contributed by atoms with Crippen molar-refractivity contribution in [3.8, 4) is 0 Å². The summed E-state index contributed by atoms with van der Waals surface area (Å²) in [6.45, 7) is 3.37. The number of aliphatic hydroxyl groups excluding tert-OH is 2. The number of hydrogen-bond acceptors (Lipinski definition) is 8. The van der Waals surface area contributed by atoms with E-state index in [9.17, 15) is 19.4 Å². The molecule has 3 N–H and O–H groups in total. The highest BCUT2D eigenvalue weighted by molar-refractivity contribution is 7.47. The molecule has 0 aromatic rings. The summed E-state index contributed by atoms with van der Waals surface area (Å²) in [6.07, 6.45) is 50.3. The Hall–Kier alpha value is -1.84. The highest BCUT2D eigenvalue weighted by atomic mass is 31.2. The van der Waals surface area contributed by atoms with E-state index in [0.29, 0.717) is 6.61 Å². The van der Waals surface area contributed by atoms with Crippen molar-refractivity contribution in [2.75, 3.05) is 33.0 Å². The first-order chi connectivity index (χ1) is 27.8. The summed E-state index contributed by atoms with van der Waals surface area (Å²) in [6, 6.07) is 0. The van der Waals surface area contributed by atoms with Gasteiger partial charge in [0.15, 0.2) is 0 Å². The molecule has 0 saturated carbocycles. The lowest BCUT2D eigenvalue weighted by molar-refractivity contribution is -0.154. The predicted octanol–water partition coefficient (Wildman–Crippen LogP) is 12.8. The van der Waals surface area contributed by atoms with Gasteiger partial charge in [-0.25, -0.2) is 4.57 Å². The van der Waals surface area contributed by atoms with Crippen LogP contribution in [0, 0.1) is 0 Å². The van der Waals surface area contributed by atoms with Crippen molar-refractivity contribution in [1.29, 1.82) is 0 Å². The van der Waals surface area contributed by atoms with Crippen molar-refractivity contribution in [2.24, 2.45) is 0 Å². The van der Waals surface area contributed by atoms with Gasteiger partial charge in [-0.1, -0.05) is 164 Å². The molecule has 9 nitrogen and oxygen atoms in total. The third kappa shape index (κ3) is 43.6. The van der Waals surface area contributed by atoms with Gasteiger partial charge in [0.2, 0.25) is 0 Å². The molecule has 0 rings (SSSR count). The van der Waals surface area contributed by atoms with Gasteiger partial charge in [0.1, 0.15) is 12.2 Å². The first-order valence-electron chi connectivity index (χ1n) is 22.8. The molecule has 0 bridgehead atoms. The minimum atomic E-state index is -4.52. The summed E-state index contributed by atoms with van der Waals surface area (Å²) in [4.78, 5) is 22.6. The van der Waals surface area contributed by atoms with Gasteiger partial charge in [0.25, 0.3) is 0 Å². The topological polar surface area (TPSA) is 132 Å². The second-order valence-electron chi connectivity index (χ2n) is 15.0. The number of unbranched alkanes of at least 4 members (excludes halogenated alkanes) is 19. The van der Waals surface area contributed by atoms with Crippen LogP contribution in [0.25, 0.3) is 0 Å². The van der Waals surface area contributed by atoms with Crippen molar-refractivity contribution in [2.45, 2.75) is 199 Å². The fourth-order valence-corrected chi connectivity index (χ4v) is 6.78. The molecule has 332 valence electrons. The Morgan fingerprint density at radius 3 is 1.53 bits per heavy atom. The van der Waals surface area contributed by atoms with Gasteiger partial charge >= 0.3 is 13.8 Å². The van der Waals surface area contributed by atoms with Gasteiger partial charge in [0.05, 0.1) is 26.4 Å². The summed E-state index contributed by atoms with van der Waals surface area (Å²) in [7, 11) is -4.52. The van der Waals surface area contributed by atoms with E-state index in [4.69, 9.17) is 23.6 Å². The number of phosphoric acid groups is 1. The van der Waals surface area contributed by atoms with Crippen molar-refractivity contribution in [3.05, 3.63) is 60.8 Å². The van der Waals surface area contributed by atoms with E-state index in [1.807, 2.05) is 0 Å². The number of allylic oxidation sites excluding steroid dienone is 10. The maximum atomic E-state index is 12.6. The molecule has 10 heteroatoms. The van der Waals surface area contributed by atoms with Crippen LogP contribution in [-0.2, 0) is 27.9 Å². The minimum Gasteiger partial charge on any atom is -0.457 e. The standard InChI is InChI=1S/C47H85O9P/c1-3-5-7-9-11-13-15-17-19-20-21-22-23-24-25-27-29-31-33-35-37-39-47(50)56-46(44-55-57(51,52)54-42-45(49)41-48)43-53-40-38-36-34-32-30-28-26-18-16-14-12-10-8-6-4-2/h5,7,11,13,16-19,21-22,45-46,48-49H,3-4,6,8-10,12,14-15,20,23-44H2,1-2H3,(H,51,52)/b7-5-,13-11-,18-16-,19-17-,22-21-. The molecule has 0 aliphatic rings. The zero-order valence-electron chi connectivity index (χ0n) is 36.3. The molecule has 0 aliphatic carbocycles. The maximum absolute atomic E-state index is 12.6. The van der Waals surface area contributed by atoms with Crippen LogP contribution in [0.5, 0.6) is 0 Å². The Bertz CT molecular complexity index is 1070. The van der Waals surface area contributed by atoms with Gasteiger partial charge in [-0.3, -0.25) is 13.8 Å². The first-order valence-corrected chi connectivity index (χ1v) is 24.3. The minimum absolute atomic E-state index is 0.0399. The fraction of sp³-hybridized carbons (Fsp3) is 0.766. The Morgan fingerprint density at radius 2 is 1.00 bits per heavy atom. The first kappa shape index (κ1) is 55.2. The third-order valence-electron chi connectivity index (χ3n) is 9.44. The van der Waals surface area contributed by atoms with Crippen molar-refractivity contribution >= 4 is 13.8 Å².